The number of furan rings is 1. The molecule has 0 saturated carbocycles. The number of nitrogens with zero attached hydrogens (tertiary/aromatic N) is 2. The predicted molar refractivity (Wildman–Crippen MR) is 107 cm³/mol. The summed E-state index contributed by atoms with van der Waals surface area (Å²) < 4.78 is 7.84. The molecule has 0 radical (unpaired) electrons. The Morgan fingerprint density at radius 2 is 1.92 bits per heavy atom. The zero-order chi connectivity index (χ0) is 18.1. The molecule has 0 saturated heterocycles. The highest BCUT2D eigenvalue weighted by molar-refractivity contribution is 9.10. The van der Waals surface area contributed by atoms with E-state index in [1.807, 2.05) is 55.5 Å². The molecule has 0 N–H and O–H groups in total. The summed E-state index contributed by atoms with van der Waals surface area (Å²) in [7, 11) is 0. The maximum Gasteiger partial charge on any atom is 0.266 e. The van der Waals surface area contributed by atoms with Gasteiger partial charge in [0.2, 0.25) is 0 Å². The van der Waals surface area contributed by atoms with Crippen LogP contribution in [0, 0.1) is 6.92 Å². The largest absolute Gasteiger partial charge is 0.465 e. The molecule has 4 nitrogen and oxygen atoms in total. The molecule has 0 aliphatic heterocycles. The quantitative estimate of drug-likeness (QED) is 0.468. The summed E-state index contributed by atoms with van der Waals surface area (Å²) in [5.74, 6) is 1.25. The van der Waals surface area contributed by atoms with Gasteiger partial charge in [-0.05, 0) is 61.0 Å². The van der Waals surface area contributed by atoms with E-state index in [1.54, 1.807) is 29.0 Å². The third kappa shape index (κ3) is 3.02. The van der Waals surface area contributed by atoms with Gasteiger partial charge < -0.3 is 4.42 Å². The number of aromatic nitrogens is 2. The van der Waals surface area contributed by atoms with Gasteiger partial charge in [0.1, 0.15) is 11.6 Å². The van der Waals surface area contributed by atoms with Crippen molar-refractivity contribution in [2.24, 2.45) is 0 Å². The fraction of sp³-hybridized carbons (Fsp3) is 0.0476. The van der Waals surface area contributed by atoms with E-state index in [4.69, 9.17) is 9.40 Å². The van der Waals surface area contributed by atoms with Crippen molar-refractivity contribution in [1.29, 1.82) is 0 Å². The molecule has 2 heterocycles. The Kier molecular flexibility index (Phi) is 4.31. The lowest BCUT2D eigenvalue weighted by Crippen LogP contribution is -2.23. The zero-order valence-corrected chi connectivity index (χ0v) is 15.6. The van der Waals surface area contributed by atoms with Crippen LogP contribution in [0.3, 0.4) is 0 Å². The van der Waals surface area contributed by atoms with Crippen molar-refractivity contribution >= 4 is 39.0 Å². The highest BCUT2D eigenvalue weighted by Gasteiger charge is 2.13. The molecule has 0 fully saturated rings. The van der Waals surface area contributed by atoms with Gasteiger partial charge in [0, 0.05) is 4.47 Å². The first-order chi connectivity index (χ1) is 12.6. The SMILES string of the molecule is Cc1ccccc1-n1c(C=Cc2ccco2)nc2ccc(Br)cc2c1=O. The second-order valence-electron chi connectivity index (χ2n) is 5.91. The van der Waals surface area contributed by atoms with E-state index in [2.05, 4.69) is 15.9 Å². The molecule has 0 spiro atoms. The monoisotopic (exact) mass is 406 g/mol. The number of hydrogen-bond donors (Lipinski definition) is 0. The van der Waals surface area contributed by atoms with Crippen LogP contribution in [-0.2, 0) is 0 Å². The zero-order valence-electron chi connectivity index (χ0n) is 14.0. The first-order valence-corrected chi connectivity index (χ1v) is 8.93. The Balaban J connectivity index is 2.02. The van der Waals surface area contributed by atoms with Crippen molar-refractivity contribution in [3.63, 3.8) is 0 Å². The van der Waals surface area contributed by atoms with Gasteiger partial charge in [-0.25, -0.2) is 4.98 Å². The number of fused-ring (bicyclic) bond motifs is 1. The van der Waals surface area contributed by atoms with Gasteiger partial charge in [-0.1, -0.05) is 34.1 Å². The maximum atomic E-state index is 13.3. The van der Waals surface area contributed by atoms with Crippen LogP contribution in [0.1, 0.15) is 17.1 Å². The summed E-state index contributed by atoms with van der Waals surface area (Å²) >= 11 is 3.43. The van der Waals surface area contributed by atoms with E-state index < -0.39 is 0 Å². The lowest BCUT2D eigenvalue weighted by molar-refractivity contribution is 0.557. The fourth-order valence-electron chi connectivity index (χ4n) is 2.88. The molecule has 0 aliphatic carbocycles. The molecule has 26 heavy (non-hydrogen) atoms. The normalized spacial score (nSPS) is 11.5. The molecule has 0 unspecified atom stereocenters. The lowest BCUT2D eigenvalue weighted by atomic mass is 10.1. The first-order valence-electron chi connectivity index (χ1n) is 8.13. The van der Waals surface area contributed by atoms with Crippen molar-refractivity contribution in [3.8, 4) is 5.69 Å². The third-order valence-corrected chi connectivity index (χ3v) is 4.65. The maximum absolute atomic E-state index is 13.3. The van der Waals surface area contributed by atoms with Crippen LogP contribution in [0.4, 0.5) is 0 Å². The lowest BCUT2D eigenvalue weighted by Gasteiger charge is -2.13. The van der Waals surface area contributed by atoms with Crippen LogP contribution in [0.25, 0.3) is 28.7 Å². The summed E-state index contributed by atoms with van der Waals surface area (Å²) in [6, 6.07) is 17.0. The van der Waals surface area contributed by atoms with Crippen LogP contribution in [0.2, 0.25) is 0 Å². The topological polar surface area (TPSA) is 48.0 Å². The van der Waals surface area contributed by atoms with Crippen LogP contribution >= 0.6 is 15.9 Å². The summed E-state index contributed by atoms with van der Waals surface area (Å²) in [5, 5.41) is 0.567. The molecule has 0 amide bonds. The number of benzene rings is 2. The summed E-state index contributed by atoms with van der Waals surface area (Å²) in [4.78, 5) is 18.0. The fourth-order valence-corrected chi connectivity index (χ4v) is 3.24. The predicted octanol–water partition coefficient (Wildman–Crippen LogP) is 5.22. The molecule has 0 bridgehead atoms. The molecule has 0 atom stereocenters. The van der Waals surface area contributed by atoms with Crippen molar-refractivity contribution < 1.29 is 4.42 Å². The van der Waals surface area contributed by atoms with Crippen molar-refractivity contribution in [1.82, 2.24) is 9.55 Å². The number of halogens is 1. The van der Waals surface area contributed by atoms with Gasteiger partial charge in [0.05, 0.1) is 22.9 Å². The average molecular weight is 407 g/mol. The number of rotatable bonds is 3. The van der Waals surface area contributed by atoms with E-state index in [1.165, 1.54) is 0 Å². The number of para-hydroxylation sites is 1. The van der Waals surface area contributed by atoms with Crippen molar-refractivity contribution in [3.05, 3.63) is 92.8 Å². The minimum atomic E-state index is -0.107. The molecule has 4 aromatic rings. The average Bonchev–Trinajstić information content (AvgIpc) is 3.15. The smallest absolute Gasteiger partial charge is 0.266 e. The minimum Gasteiger partial charge on any atom is -0.465 e. The summed E-state index contributed by atoms with van der Waals surface area (Å²) in [6.07, 6.45) is 5.22. The Labute approximate surface area is 158 Å². The van der Waals surface area contributed by atoms with Gasteiger partial charge in [-0.2, -0.15) is 0 Å². The van der Waals surface area contributed by atoms with E-state index >= 15 is 0 Å². The minimum absolute atomic E-state index is 0.107. The second-order valence-corrected chi connectivity index (χ2v) is 6.82. The van der Waals surface area contributed by atoms with Crippen molar-refractivity contribution in [2.75, 3.05) is 0 Å². The van der Waals surface area contributed by atoms with E-state index in [0.717, 1.165) is 15.7 Å². The Bertz CT molecular complexity index is 1170. The van der Waals surface area contributed by atoms with Gasteiger partial charge in [-0.3, -0.25) is 9.36 Å². The molecule has 2 aromatic carbocycles. The molecule has 128 valence electrons. The molecular formula is C21H15BrN2O2. The van der Waals surface area contributed by atoms with Gasteiger partial charge in [0.15, 0.2) is 0 Å². The Hall–Kier alpha value is -2.92. The third-order valence-electron chi connectivity index (χ3n) is 4.15. The van der Waals surface area contributed by atoms with E-state index in [0.29, 0.717) is 22.5 Å². The van der Waals surface area contributed by atoms with Crippen LogP contribution < -0.4 is 5.56 Å². The standard InChI is InChI=1S/C21H15BrN2O2/c1-14-5-2-3-7-19(14)24-20(11-9-16-6-4-12-26-16)23-18-10-8-15(22)13-17(18)21(24)25/h2-13H,1H3. The highest BCUT2D eigenvalue weighted by Crippen LogP contribution is 2.20. The highest BCUT2D eigenvalue weighted by atomic mass is 79.9. The molecule has 5 heteroatoms. The van der Waals surface area contributed by atoms with Crippen LogP contribution in [0.15, 0.2) is 74.5 Å². The molecule has 2 aromatic heterocycles. The van der Waals surface area contributed by atoms with E-state index in [9.17, 15) is 4.79 Å². The van der Waals surface area contributed by atoms with Gasteiger partial charge in [-0.15, -0.1) is 0 Å². The van der Waals surface area contributed by atoms with E-state index in [-0.39, 0.29) is 5.56 Å². The number of hydrogen-bond acceptors (Lipinski definition) is 3. The van der Waals surface area contributed by atoms with Crippen molar-refractivity contribution in [2.45, 2.75) is 6.92 Å². The Morgan fingerprint density at radius 1 is 1.08 bits per heavy atom. The number of aryl methyl sites for hydroxylation is 1. The molecule has 0 aliphatic rings. The van der Waals surface area contributed by atoms with Crippen LogP contribution in [-0.4, -0.2) is 9.55 Å². The molecule has 4 rings (SSSR count). The first kappa shape index (κ1) is 16.5. The second kappa shape index (κ2) is 6.77. The summed E-state index contributed by atoms with van der Waals surface area (Å²) in [5.41, 5.74) is 2.36. The molecular weight excluding hydrogens is 392 g/mol. The summed E-state index contributed by atoms with van der Waals surface area (Å²) in [6.45, 7) is 1.98. The van der Waals surface area contributed by atoms with Gasteiger partial charge in [0.25, 0.3) is 5.56 Å². The van der Waals surface area contributed by atoms with Crippen LogP contribution in [0.5, 0.6) is 0 Å². The van der Waals surface area contributed by atoms with Gasteiger partial charge >= 0.3 is 0 Å². The Morgan fingerprint density at radius 3 is 2.69 bits per heavy atom.